The second kappa shape index (κ2) is 10.6. The van der Waals surface area contributed by atoms with Crippen LogP contribution in [0.15, 0.2) is 0 Å². The van der Waals surface area contributed by atoms with E-state index in [2.05, 4.69) is 4.74 Å². The summed E-state index contributed by atoms with van der Waals surface area (Å²) in [6, 6.07) is -1.09. The van der Waals surface area contributed by atoms with Crippen LogP contribution in [0, 0.1) is 0 Å². The molecule has 4 atom stereocenters. The van der Waals surface area contributed by atoms with Crippen LogP contribution < -0.4 is 5.73 Å². The van der Waals surface area contributed by atoms with Gasteiger partial charge in [0.2, 0.25) is 0 Å². The van der Waals surface area contributed by atoms with E-state index >= 15 is 0 Å². The van der Waals surface area contributed by atoms with Gasteiger partial charge < -0.3 is 29.8 Å². The van der Waals surface area contributed by atoms with Gasteiger partial charge in [-0.2, -0.15) is 0 Å². The van der Waals surface area contributed by atoms with Gasteiger partial charge in [-0.15, -0.1) is 0 Å². The van der Waals surface area contributed by atoms with Crippen LogP contribution in [0.4, 0.5) is 0 Å². The average molecular weight is 349 g/mol. The van der Waals surface area contributed by atoms with Crippen molar-refractivity contribution in [2.75, 3.05) is 13.2 Å². The van der Waals surface area contributed by atoms with Gasteiger partial charge in [-0.1, -0.05) is 0 Å². The fraction of sp³-hybridized carbons (Fsp3) is 0.714. The number of aliphatic hydroxyl groups excluding tert-OH is 1. The van der Waals surface area contributed by atoms with E-state index in [-0.39, 0.29) is 6.61 Å². The topological polar surface area (TPSA) is 151 Å². The first-order valence-electron chi connectivity index (χ1n) is 7.09. The third kappa shape index (κ3) is 9.06. The predicted octanol–water partition coefficient (Wildman–Crippen LogP) is -1.34. The van der Waals surface area contributed by atoms with Crippen LogP contribution in [0.1, 0.15) is 27.7 Å². The Morgan fingerprint density at radius 1 is 0.792 bits per heavy atom. The van der Waals surface area contributed by atoms with Crippen molar-refractivity contribution in [1.29, 1.82) is 0 Å². The van der Waals surface area contributed by atoms with Crippen LogP contribution in [-0.2, 0) is 38.1 Å². The van der Waals surface area contributed by atoms with Crippen LogP contribution >= 0.6 is 0 Å². The lowest BCUT2D eigenvalue weighted by atomic mass is 10.0. The maximum atomic E-state index is 11.3. The molecule has 0 bridgehead atoms. The first-order valence-corrected chi connectivity index (χ1v) is 7.09. The first-order chi connectivity index (χ1) is 11.0. The van der Waals surface area contributed by atoms with Gasteiger partial charge in [-0.3, -0.25) is 19.2 Å². The molecule has 0 aromatic carbocycles. The van der Waals surface area contributed by atoms with Crippen molar-refractivity contribution in [3.8, 4) is 0 Å². The molecule has 0 saturated carbocycles. The van der Waals surface area contributed by atoms with Crippen LogP contribution in [-0.4, -0.2) is 66.6 Å². The molecular weight excluding hydrogens is 326 g/mol. The molecule has 0 unspecified atom stereocenters. The lowest BCUT2D eigenvalue weighted by molar-refractivity contribution is -0.183. The number of ether oxygens (including phenoxy) is 4. The zero-order valence-corrected chi connectivity index (χ0v) is 14.0. The third-order valence-corrected chi connectivity index (χ3v) is 2.67. The van der Waals surface area contributed by atoms with Crippen LogP contribution in [0.25, 0.3) is 0 Å². The summed E-state index contributed by atoms with van der Waals surface area (Å²) in [5, 5.41) is 10.1. The second-order valence-electron chi connectivity index (χ2n) is 4.98. The molecule has 10 nitrogen and oxygen atoms in total. The van der Waals surface area contributed by atoms with Crippen LogP contribution in [0.5, 0.6) is 0 Å². The van der Waals surface area contributed by atoms with E-state index in [0.717, 1.165) is 27.7 Å². The SMILES string of the molecule is CC(=O)OC[C@@H](O)[C@@H](OC(C)=O)[C@H](OC(C)=O)[C@@H](N)COC(C)=O. The Kier molecular flexibility index (Phi) is 9.58. The van der Waals surface area contributed by atoms with Gasteiger partial charge in [0, 0.05) is 27.7 Å². The Hall–Kier alpha value is -2.20. The number of rotatable bonds is 9. The standard InChI is InChI=1S/C14H23NO9/c1-7(16)21-5-11(15)13(23-9(3)18)14(24-10(4)19)12(20)6-22-8(2)17/h11-14,20H,5-6,15H2,1-4H3/t11-,12+,13+,14+/m0/s1. The number of hydrogen-bond donors (Lipinski definition) is 2. The van der Waals surface area contributed by atoms with Crippen LogP contribution in [0.3, 0.4) is 0 Å². The molecule has 0 aromatic rings. The van der Waals surface area contributed by atoms with E-state index in [1.54, 1.807) is 0 Å². The largest absolute Gasteiger partial charge is 0.464 e. The van der Waals surface area contributed by atoms with Gasteiger partial charge in [0.1, 0.15) is 19.3 Å². The average Bonchev–Trinajstić information content (AvgIpc) is 2.45. The summed E-state index contributed by atoms with van der Waals surface area (Å²) in [6.45, 7) is 3.61. The highest BCUT2D eigenvalue weighted by molar-refractivity contribution is 5.68. The molecule has 0 radical (unpaired) electrons. The summed E-state index contributed by atoms with van der Waals surface area (Å²) in [5.74, 6) is -2.81. The molecule has 0 rings (SSSR count). The van der Waals surface area contributed by atoms with Crippen molar-refractivity contribution >= 4 is 23.9 Å². The third-order valence-electron chi connectivity index (χ3n) is 2.67. The molecule has 0 heterocycles. The maximum absolute atomic E-state index is 11.3. The molecule has 0 saturated heterocycles. The molecule has 3 N–H and O–H groups in total. The summed E-state index contributed by atoms with van der Waals surface area (Å²) in [5.41, 5.74) is 5.82. The Morgan fingerprint density at radius 3 is 1.62 bits per heavy atom. The molecule has 0 aliphatic rings. The van der Waals surface area contributed by atoms with E-state index in [4.69, 9.17) is 19.9 Å². The highest BCUT2D eigenvalue weighted by Gasteiger charge is 2.38. The van der Waals surface area contributed by atoms with Gasteiger partial charge in [0.05, 0.1) is 6.04 Å². The minimum atomic E-state index is -1.51. The predicted molar refractivity (Wildman–Crippen MR) is 78.4 cm³/mol. The summed E-state index contributed by atoms with van der Waals surface area (Å²) < 4.78 is 19.3. The van der Waals surface area contributed by atoms with E-state index in [9.17, 15) is 24.3 Å². The molecule has 0 aliphatic carbocycles. The van der Waals surface area contributed by atoms with Gasteiger partial charge in [-0.25, -0.2) is 0 Å². The monoisotopic (exact) mass is 349 g/mol. The van der Waals surface area contributed by atoms with Crippen molar-refractivity contribution in [1.82, 2.24) is 0 Å². The Morgan fingerprint density at radius 2 is 1.21 bits per heavy atom. The second-order valence-corrected chi connectivity index (χ2v) is 4.98. The zero-order valence-electron chi connectivity index (χ0n) is 14.0. The highest BCUT2D eigenvalue weighted by Crippen LogP contribution is 2.15. The molecule has 138 valence electrons. The van der Waals surface area contributed by atoms with Gasteiger partial charge in [0.25, 0.3) is 0 Å². The van der Waals surface area contributed by atoms with Crippen LogP contribution in [0.2, 0.25) is 0 Å². The van der Waals surface area contributed by atoms with Gasteiger partial charge in [-0.05, 0) is 0 Å². The molecule has 24 heavy (non-hydrogen) atoms. The number of carbonyl (C=O) groups excluding carboxylic acids is 4. The van der Waals surface area contributed by atoms with Crippen molar-refractivity contribution in [2.24, 2.45) is 5.73 Å². The molecule has 0 amide bonds. The fourth-order valence-corrected chi connectivity index (χ4v) is 1.75. The molecule has 0 aliphatic heterocycles. The number of hydrogen-bond acceptors (Lipinski definition) is 10. The normalized spacial score (nSPS) is 15.4. The van der Waals surface area contributed by atoms with Gasteiger partial charge in [0.15, 0.2) is 12.2 Å². The number of esters is 4. The number of aliphatic hydroxyl groups is 1. The van der Waals surface area contributed by atoms with E-state index in [1.807, 2.05) is 0 Å². The Bertz CT molecular complexity index is 423. The maximum Gasteiger partial charge on any atom is 0.303 e. The minimum absolute atomic E-state index is 0.342. The number of carbonyl (C=O) groups is 4. The molecule has 0 aromatic heterocycles. The summed E-state index contributed by atoms with van der Waals surface area (Å²) in [7, 11) is 0. The van der Waals surface area contributed by atoms with E-state index < -0.39 is 54.8 Å². The van der Waals surface area contributed by atoms with Crippen molar-refractivity contribution in [3.63, 3.8) is 0 Å². The minimum Gasteiger partial charge on any atom is -0.464 e. The molecule has 0 fully saturated rings. The summed E-state index contributed by atoms with van der Waals surface area (Å²) >= 11 is 0. The lowest BCUT2D eigenvalue weighted by Crippen LogP contribution is -2.55. The smallest absolute Gasteiger partial charge is 0.303 e. The van der Waals surface area contributed by atoms with E-state index in [1.165, 1.54) is 0 Å². The molecule has 10 heteroatoms. The highest BCUT2D eigenvalue weighted by atomic mass is 16.6. The first kappa shape index (κ1) is 21.8. The number of nitrogens with two attached hydrogens (primary N) is 1. The summed E-state index contributed by atoms with van der Waals surface area (Å²) in [4.78, 5) is 44.3. The quantitative estimate of drug-likeness (QED) is 0.378. The van der Waals surface area contributed by atoms with E-state index in [0.29, 0.717) is 0 Å². The Labute approximate surface area is 139 Å². The van der Waals surface area contributed by atoms with Crippen molar-refractivity contribution in [3.05, 3.63) is 0 Å². The van der Waals surface area contributed by atoms with Crippen molar-refractivity contribution in [2.45, 2.75) is 52.0 Å². The fourth-order valence-electron chi connectivity index (χ4n) is 1.75. The lowest BCUT2D eigenvalue weighted by Gasteiger charge is -2.32. The van der Waals surface area contributed by atoms with Crippen molar-refractivity contribution < 1.29 is 43.2 Å². The summed E-state index contributed by atoms with van der Waals surface area (Å²) in [6.07, 6.45) is -4.25. The van der Waals surface area contributed by atoms with Gasteiger partial charge >= 0.3 is 23.9 Å². The molecule has 0 spiro atoms. The Balaban J connectivity index is 5.29. The zero-order chi connectivity index (χ0) is 18.9. The molecular formula is C14H23NO9.